The van der Waals surface area contributed by atoms with Gasteiger partial charge in [0.05, 0.1) is 6.33 Å². The molecular weight excluding hydrogens is 270 g/mol. The van der Waals surface area contributed by atoms with E-state index in [1.54, 1.807) is 24.5 Å². The zero-order valence-electron chi connectivity index (χ0n) is 10.8. The van der Waals surface area contributed by atoms with Crippen LogP contribution in [0.15, 0.2) is 53.8 Å². The number of nitrogens with zero attached hydrogens (tertiary/aromatic N) is 2. The Balaban J connectivity index is 1.76. The largest absolute Gasteiger partial charge is 0.345 e. The number of carbonyl (C=O) groups is 1. The number of nitrogens with one attached hydrogen (secondary N) is 3. The van der Waals surface area contributed by atoms with Crippen LogP contribution in [0.3, 0.4) is 0 Å². The van der Waals surface area contributed by atoms with Crippen LogP contribution in [-0.2, 0) is 0 Å². The van der Waals surface area contributed by atoms with Crippen molar-refractivity contribution in [2.45, 2.75) is 0 Å². The van der Waals surface area contributed by atoms with Gasteiger partial charge in [-0.25, -0.2) is 9.97 Å². The molecule has 0 aliphatic rings. The zero-order chi connectivity index (χ0) is 14.7. The minimum atomic E-state index is -0.438. The van der Waals surface area contributed by atoms with Crippen LogP contribution < -0.4 is 10.9 Å². The molecule has 0 spiro atoms. The molecule has 21 heavy (non-hydrogen) atoms. The molecule has 0 saturated carbocycles. The Morgan fingerprint density at radius 1 is 1.10 bits per heavy atom. The summed E-state index contributed by atoms with van der Waals surface area (Å²) in [6.07, 6.45) is 4.60. The highest BCUT2D eigenvalue weighted by Gasteiger charge is 2.08. The van der Waals surface area contributed by atoms with E-state index in [1.165, 1.54) is 6.33 Å². The van der Waals surface area contributed by atoms with Crippen molar-refractivity contribution in [1.82, 2.24) is 19.9 Å². The summed E-state index contributed by atoms with van der Waals surface area (Å²) in [6.45, 7) is 0. The molecule has 0 aliphatic carbocycles. The first-order chi connectivity index (χ1) is 10.2. The second-order valence-electron chi connectivity index (χ2n) is 4.27. The lowest BCUT2D eigenvalue weighted by atomic mass is 10.2. The molecule has 0 radical (unpaired) electrons. The predicted molar refractivity (Wildman–Crippen MR) is 76.8 cm³/mol. The third-order valence-electron chi connectivity index (χ3n) is 2.83. The van der Waals surface area contributed by atoms with Gasteiger partial charge in [0.15, 0.2) is 0 Å². The van der Waals surface area contributed by atoms with Gasteiger partial charge in [0.2, 0.25) is 0 Å². The maximum atomic E-state index is 11.9. The number of rotatable bonds is 3. The Morgan fingerprint density at radius 2 is 1.90 bits per heavy atom. The van der Waals surface area contributed by atoms with E-state index in [2.05, 4.69) is 25.3 Å². The molecular formula is C14H11N5O2. The molecule has 2 heterocycles. The highest BCUT2D eigenvalue weighted by Crippen LogP contribution is 2.17. The lowest BCUT2D eigenvalue weighted by molar-refractivity contribution is 0.102. The van der Waals surface area contributed by atoms with E-state index in [1.807, 2.05) is 12.1 Å². The average Bonchev–Trinajstić information content (AvgIpc) is 3.02. The van der Waals surface area contributed by atoms with Crippen LogP contribution in [0.4, 0.5) is 5.69 Å². The maximum Gasteiger partial charge on any atom is 0.274 e. The van der Waals surface area contributed by atoms with Gasteiger partial charge in [0.1, 0.15) is 11.5 Å². The monoisotopic (exact) mass is 281 g/mol. The van der Waals surface area contributed by atoms with Crippen LogP contribution in [-0.4, -0.2) is 25.8 Å². The topological polar surface area (TPSA) is 104 Å². The second-order valence-corrected chi connectivity index (χ2v) is 4.27. The second kappa shape index (κ2) is 5.41. The quantitative estimate of drug-likeness (QED) is 0.675. The Labute approximate surface area is 119 Å². The lowest BCUT2D eigenvalue weighted by Crippen LogP contribution is -2.17. The van der Waals surface area contributed by atoms with E-state index in [0.717, 1.165) is 17.5 Å². The van der Waals surface area contributed by atoms with Crippen LogP contribution in [0.2, 0.25) is 0 Å². The van der Waals surface area contributed by atoms with Crippen molar-refractivity contribution in [2.24, 2.45) is 0 Å². The Morgan fingerprint density at radius 3 is 2.57 bits per heavy atom. The SMILES string of the molecule is O=C(Nc1ccc(-c2ncc[nH]2)cc1)c1cc(=O)[nH]cn1. The number of aromatic nitrogens is 4. The number of imidazole rings is 1. The number of amides is 1. The van der Waals surface area contributed by atoms with Crippen molar-refractivity contribution < 1.29 is 4.79 Å². The number of hydrogen-bond acceptors (Lipinski definition) is 4. The number of carbonyl (C=O) groups excluding carboxylic acids is 1. The maximum absolute atomic E-state index is 11.9. The van der Waals surface area contributed by atoms with E-state index in [4.69, 9.17) is 0 Å². The van der Waals surface area contributed by atoms with Gasteiger partial charge >= 0.3 is 0 Å². The fraction of sp³-hybridized carbons (Fsp3) is 0. The van der Waals surface area contributed by atoms with Gasteiger partial charge in [0.25, 0.3) is 11.5 Å². The van der Waals surface area contributed by atoms with Crippen molar-refractivity contribution in [3.05, 3.63) is 65.1 Å². The number of benzene rings is 1. The molecule has 2 aromatic heterocycles. The van der Waals surface area contributed by atoms with Crippen LogP contribution in [0.1, 0.15) is 10.5 Å². The standard InChI is InChI=1S/C14H11N5O2/c20-12-7-11(17-8-18-12)14(21)19-10-3-1-9(2-4-10)13-15-5-6-16-13/h1-8H,(H,15,16)(H,19,21)(H,17,18,20). The lowest BCUT2D eigenvalue weighted by Gasteiger charge is -2.05. The molecule has 0 fully saturated rings. The highest BCUT2D eigenvalue weighted by molar-refractivity contribution is 6.02. The van der Waals surface area contributed by atoms with Gasteiger partial charge in [-0.1, -0.05) is 0 Å². The van der Waals surface area contributed by atoms with E-state index >= 15 is 0 Å². The van der Waals surface area contributed by atoms with Crippen LogP contribution in [0.5, 0.6) is 0 Å². The summed E-state index contributed by atoms with van der Waals surface area (Å²) in [4.78, 5) is 36.4. The smallest absolute Gasteiger partial charge is 0.274 e. The van der Waals surface area contributed by atoms with Crippen LogP contribution >= 0.6 is 0 Å². The molecule has 7 heteroatoms. The fourth-order valence-corrected chi connectivity index (χ4v) is 1.82. The van der Waals surface area contributed by atoms with E-state index in [-0.39, 0.29) is 11.3 Å². The van der Waals surface area contributed by atoms with Crippen molar-refractivity contribution in [1.29, 1.82) is 0 Å². The van der Waals surface area contributed by atoms with Crippen molar-refractivity contribution in [2.75, 3.05) is 5.32 Å². The number of H-pyrrole nitrogens is 2. The van der Waals surface area contributed by atoms with Crippen LogP contribution in [0.25, 0.3) is 11.4 Å². The van der Waals surface area contributed by atoms with Crippen molar-refractivity contribution in [3.8, 4) is 11.4 Å². The number of hydrogen-bond donors (Lipinski definition) is 3. The first kappa shape index (κ1) is 12.8. The minimum Gasteiger partial charge on any atom is -0.345 e. The van der Waals surface area contributed by atoms with E-state index in [9.17, 15) is 9.59 Å². The Bertz CT molecular complexity index is 806. The van der Waals surface area contributed by atoms with E-state index < -0.39 is 5.91 Å². The minimum absolute atomic E-state index is 0.0638. The van der Waals surface area contributed by atoms with Crippen LogP contribution in [0, 0.1) is 0 Å². The number of anilines is 1. The Kier molecular flexibility index (Phi) is 3.30. The van der Waals surface area contributed by atoms with Gasteiger partial charge < -0.3 is 15.3 Å². The molecule has 3 N–H and O–H groups in total. The summed E-state index contributed by atoms with van der Waals surface area (Å²) in [5.74, 6) is 0.316. The first-order valence-electron chi connectivity index (χ1n) is 6.18. The molecule has 1 aromatic carbocycles. The summed E-state index contributed by atoms with van der Waals surface area (Å²) in [6, 6.07) is 8.32. The third kappa shape index (κ3) is 2.86. The zero-order valence-corrected chi connectivity index (χ0v) is 10.8. The van der Waals surface area contributed by atoms with E-state index in [0.29, 0.717) is 5.69 Å². The van der Waals surface area contributed by atoms with Crippen molar-refractivity contribution in [3.63, 3.8) is 0 Å². The molecule has 7 nitrogen and oxygen atoms in total. The first-order valence-corrected chi connectivity index (χ1v) is 6.18. The molecule has 0 aliphatic heterocycles. The average molecular weight is 281 g/mol. The van der Waals surface area contributed by atoms with Crippen molar-refractivity contribution >= 4 is 11.6 Å². The summed E-state index contributed by atoms with van der Waals surface area (Å²) < 4.78 is 0. The molecule has 0 atom stereocenters. The summed E-state index contributed by atoms with van der Waals surface area (Å²) in [7, 11) is 0. The van der Waals surface area contributed by atoms with Gasteiger partial charge in [-0.2, -0.15) is 0 Å². The van der Waals surface area contributed by atoms with Gasteiger partial charge in [-0.3, -0.25) is 9.59 Å². The summed E-state index contributed by atoms with van der Waals surface area (Å²) in [5, 5.41) is 2.67. The Hall–Kier alpha value is -3.22. The molecule has 3 aromatic rings. The molecule has 0 bridgehead atoms. The number of aromatic amines is 2. The third-order valence-corrected chi connectivity index (χ3v) is 2.83. The predicted octanol–water partition coefficient (Wildman–Crippen LogP) is 1.41. The van der Waals surface area contributed by atoms with Gasteiger partial charge in [-0.15, -0.1) is 0 Å². The molecule has 0 unspecified atom stereocenters. The molecule has 1 amide bonds. The summed E-state index contributed by atoms with van der Waals surface area (Å²) in [5.41, 5.74) is 1.21. The highest BCUT2D eigenvalue weighted by atomic mass is 16.2. The molecule has 3 rings (SSSR count). The fourth-order valence-electron chi connectivity index (χ4n) is 1.82. The molecule has 104 valence electrons. The molecule has 0 saturated heterocycles. The summed E-state index contributed by atoms with van der Waals surface area (Å²) >= 11 is 0. The van der Waals surface area contributed by atoms with Gasteiger partial charge in [0, 0.05) is 29.7 Å². The van der Waals surface area contributed by atoms with Gasteiger partial charge in [-0.05, 0) is 24.3 Å². The normalized spacial score (nSPS) is 10.3.